The van der Waals surface area contributed by atoms with Gasteiger partial charge in [-0.1, -0.05) is 39.0 Å². The molecule has 0 fully saturated rings. The van der Waals surface area contributed by atoms with Crippen LogP contribution < -0.4 is 10.2 Å². The second-order valence-corrected chi connectivity index (χ2v) is 9.78. The molecule has 0 spiro atoms. The van der Waals surface area contributed by atoms with E-state index < -0.39 is 0 Å². The molecule has 0 atom stereocenters. The number of hydrogen-bond acceptors (Lipinski definition) is 6. The Balaban J connectivity index is 1.35. The molecule has 1 N–H and O–H groups in total. The van der Waals surface area contributed by atoms with E-state index in [4.69, 9.17) is 4.98 Å². The number of pyridine rings is 1. The zero-order valence-electron chi connectivity index (χ0n) is 21.4. The average Bonchev–Trinajstić information content (AvgIpc) is 3.24. The van der Waals surface area contributed by atoms with Gasteiger partial charge in [-0.25, -0.2) is 19.9 Å². The number of aromatic nitrogens is 5. The monoisotopic (exact) mass is 479 g/mol. The summed E-state index contributed by atoms with van der Waals surface area (Å²) in [4.78, 5) is 20.8. The van der Waals surface area contributed by atoms with Crippen molar-refractivity contribution in [3.05, 3.63) is 78.4 Å². The Morgan fingerprint density at radius 2 is 1.72 bits per heavy atom. The normalized spacial score (nSPS) is 11.5. The van der Waals surface area contributed by atoms with Crippen molar-refractivity contribution in [1.82, 2.24) is 24.5 Å². The predicted molar refractivity (Wildman–Crippen MR) is 148 cm³/mol. The minimum atomic E-state index is 0.558. The molecule has 0 aliphatic carbocycles. The summed E-state index contributed by atoms with van der Waals surface area (Å²) >= 11 is 0. The van der Waals surface area contributed by atoms with Gasteiger partial charge in [0.15, 0.2) is 5.82 Å². The molecule has 0 aliphatic heterocycles. The lowest BCUT2D eigenvalue weighted by Crippen LogP contribution is -2.29. The highest BCUT2D eigenvalue weighted by molar-refractivity contribution is 5.88. The minimum Gasteiger partial charge on any atom is -0.356 e. The molecule has 0 saturated carbocycles. The van der Waals surface area contributed by atoms with E-state index in [0.717, 1.165) is 65.3 Å². The molecule has 0 bridgehead atoms. The quantitative estimate of drug-likeness (QED) is 0.275. The number of fused-ring (bicyclic) bond motifs is 2. The lowest BCUT2D eigenvalue weighted by molar-refractivity contribution is 0.602. The van der Waals surface area contributed by atoms with Crippen LogP contribution in [-0.2, 0) is 13.5 Å². The first-order valence-electron chi connectivity index (χ1n) is 12.6. The fourth-order valence-electron chi connectivity index (χ4n) is 4.58. The second-order valence-electron chi connectivity index (χ2n) is 9.78. The van der Waals surface area contributed by atoms with Gasteiger partial charge >= 0.3 is 0 Å². The van der Waals surface area contributed by atoms with Gasteiger partial charge in [-0.15, -0.1) is 0 Å². The summed E-state index contributed by atoms with van der Waals surface area (Å²) < 4.78 is 2.04. The molecular formula is C29H33N7. The summed E-state index contributed by atoms with van der Waals surface area (Å²) in [6.45, 7) is 8.62. The molecule has 3 aromatic heterocycles. The van der Waals surface area contributed by atoms with Gasteiger partial charge in [-0.3, -0.25) is 0 Å². The molecule has 7 nitrogen and oxygen atoms in total. The van der Waals surface area contributed by atoms with E-state index in [-0.39, 0.29) is 0 Å². The highest BCUT2D eigenvalue weighted by Crippen LogP contribution is 2.25. The molecule has 0 saturated heterocycles. The predicted octanol–water partition coefficient (Wildman–Crippen LogP) is 6.12. The molecule has 0 unspecified atom stereocenters. The number of hydrogen-bond donors (Lipinski definition) is 1. The number of imidazole rings is 1. The third kappa shape index (κ3) is 5.15. The van der Waals surface area contributed by atoms with Crippen LogP contribution in [0.4, 0.5) is 17.3 Å². The fraction of sp³-hybridized carbons (Fsp3) is 0.310. The van der Waals surface area contributed by atoms with E-state index in [9.17, 15) is 0 Å². The fourth-order valence-corrected chi connectivity index (χ4v) is 4.58. The maximum Gasteiger partial charge on any atom is 0.160 e. The molecule has 5 aromatic rings. The third-order valence-electron chi connectivity index (χ3n) is 6.29. The number of nitrogens with one attached hydrogen (secondary N) is 1. The molecule has 0 aliphatic rings. The topological polar surface area (TPSA) is 71.8 Å². The van der Waals surface area contributed by atoms with Gasteiger partial charge in [-0.05, 0) is 66.3 Å². The molecule has 3 heterocycles. The Labute approximate surface area is 212 Å². The average molecular weight is 480 g/mol. The van der Waals surface area contributed by atoms with Crippen LogP contribution in [0.5, 0.6) is 0 Å². The highest BCUT2D eigenvalue weighted by atomic mass is 15.2. The number of aryl methyl sites for hydroxylation is 1. The molecule has 7 heteroatoms. The van der Waals surface area contributed by atoms with E-state index in [0.29, 0.717) is 5.92 Å². The number of nitrogens with zero attached hydrogens (tertiary/aromatic N) is 6. The van der Waals surface area contributed by atoms with E-state index in [1.165, 1.54) is 11.1 Å². The largest absolute Gasteiger partial charge is 0.356 e. The Hall–Kier alpha value is -4.00. The van der Waals surface area contributed by atoms with Crippen LogP contribution in [0.15, 0.2) is 67.3 Å². The highest BCUT2D eigenvalue weighted by Gasteiger charge is 2.13. The number of rotatable bonds is 9. The van der Waals surface area contributed by atoms with Gasteiger partial charge in [0, 0.05) is 25.8 Å². The summed E-state index contributed by atoms with van der Waals surface area (Å²) in [5.41, 5.74) is 7.26. The summed E-state index contributed by atoms with van der Waals surface area (Å²) in [5, 5.41) is 3.46. The maximum absolute atomic E-state index is 4.97. The van der Waals surface area contributed by atoms with Crippen molar-refractivity contribution in [1.29, 1.82) is 0 Å². The maximum atomic E-state index is 4.97. The van der Waals surface area contributed by atoms with Crippen molar-refractivity contribution in [2.45, 2.75) is 33.6 Å². The Bertz CT molecular complexity index is 1470. The van der Waals surface area contributed by atoms with Crippen molar-refractivity contribution >= 4 is 39.4 Å². The first-order valence-corrected chi connectivity index (χ1v) is 12.6. The molecule has 36 heavy (non-hydrogen) atoms. The van der Waals surface area contributed by atoms with E-state index in [1.54, 1.807) is 6.33 Å². The number of anilines is 3. The first kappa shape index (κ1) is 23.7. The summed E-state index contributed by atoms with van der Waals surface area (Å²) in [6.07, 6.45) is 5.38. The molecule has 0 radical (unpaired) electrons. The van der Waals surface area contributed by atoms with Crippen LogP contribution in [0, 0.1) is 5.92 Å². The number of benzene rings is 2. The van der Waals surface area contributed by atoms with Crippen molar-refractivity contribution in [2.24, 2.45) is 13.0 Å². The third-order valence-corrected chi connectivity index (χ3v) is 6.29. The zero-order valence-corrected chi connectivity index (χ0v) is 21.4. The molecule has 5 rings (SSSR count). The van der Waals surface area contributed by atoms with Crippen LogP contribution >= 0.6 is 0 Å². The van der Waals surface area contributed by atoms with E-state index in [1.807, 2.05) is 24.0 Å². The summed E-state index contributed by atoms with van der Waals surface area (Å²) in [6, 6.07) is 19.1. The van der Waals surface area contributed by atoms with Crippen molar-refractivity contribution in [2.75, 3.05) is 23.3 Å². The van der Waals surface area contributed by atoms with Gasteiger partial charge in [0.1, 0.15) is 17.7 Å². The van der Waals surface area contributed by atoms with Crippen molar-refractivity contribution in [3.63, 3.8) is 0 Å². The SMILES string of the molecule is CCCN(CC(C)C)c1ccc2ncnc(Nc3ccc(Cc4ccc5c(c4)ncn5C)cc3)c2n1. The van der Waals surface area contributed by atoms with E-state index in [2.05, 4.69) is 94.5 Å². The van der Waals surface area contributed by atoms with Crippen LogP contribution in [0.2, 0.25) is 0 Å². The second kappa shape index (κ2) is 10.3. The molecule has 184 valence electrons. The summed E-state index contributed by atoms with van der Waals surface area (Å²) in [7, 11) is 2.02. The van der Waals surface area contributed by atoms with Gasteiger partial charge < -0.3 is 14.8 Å². The summed E-state index contributed by atoms with van der Waals surface area (Å²) in [5.74, 6) is 2.25. The van der Waals surface area contributed by atoms with Gasteiger partial charge in [-0.2, -0.15) is 0 Å². The van der Waals surface area contributed by atoms with Gasteiger partial charge in [0.2, 0.25) is 0 Å². The van der Waals surface area contributed by atoms with Crippen molar-refractivity contribution in [3.8, 4) is 0 Å². The molecule has 0 amide bonds. The smallest absolute Gasteiger partial charge is 0.160 e. The van der Waals surface area contributed by atoms with Gasteiger partial charge in [0.25, 0.3) is 0 Å². The van der Waals surface area contributed by atoms with Crippen LogP contribution in [0.1, 0.15) is 38.3 Å². The minimum absolute atomic E-state index is 0.558. The lowest BCUT2D eigenvalue weighted by atomic mass is 10.0. The Kier molecular flexibility index (Phi) is 6.80. The standard InChI is InChI=1S/C29H33N7/c1-5-14-36(17-20(2)3)27-13-11-24-28(34-27)29(31-18-30-24)33-23-9-6-21(7-10-23)15-22-8-12-26-25(16-22)32-19-35(26)4/h6-13,16,18-20H,5,14-15,17H2,1-4H3,(H,30,31,33). The Morgan fingerprint density at radius 3 is 2.50 bits per heavy atom. The zero-order chi connectivity index (χ0) is 25.1. The van der Waals surface area contributed by atoms with Crippen molar-refractivity contribution < 1.29 is 0 Å². The lowest BCUT2D eigenvalue weighted by Gasteiger charge is -2.25. The van der Waals surface area contributed by atoms with Crippen LogP contribution in [0.3, 0.4) is 0 Å². The van der Waals surface area contributed by atoms with Crippen LogP contribution in [-0.4, -0.2) is 37.6 Å². The first-order chi connectivity index (χ1) is 17.5. The Morgan fingerprint density at radius 1 is 0.917 bits per heavy atom. The molecule has 2 aromatic carbocycles. The van der Waals surface area contributed by atoms with E-state index >= 15 is 0 Å². The molecular weight excluding hydrogens is 446 g/mol. The van der Waals surface area contributed by atoms with Crippen LogP contribution in [0.25, 0.3) is 22.1 Å². The van der Waals surface area contributed by atoms with Gasteiger partial charge in [0.05, 0.1) is 22.9 Å².